The topological polar surface area (TPSA) is 99.0 Å². The highest BCUT2D eigenvalue weighted by molar-refractivity contribution is 9.10. The fourth-order valence-electron chi connectivity index (χ4n) is 2.42. The van der Waals surface area contributed by atoms with Gasteiger partial charge in [-0.3, -0.25) is 10.2 Å². The molecule has 7 nitrogen and oxygen atoms in total. The van der Waals surface area contributed by atoms with Gasteiger partial charge in [0.1, 0.15) is 11.3 Å². The summed E-state index contributed by atoms with van der Waals surface area (Å²) in [6, 6.07) is 4.97. The van der Waals surface area contributed by atoms with Crippen molar-refractivity contribution in [2.75, 3.05) is 0 Å². The number of hydrazine groups is 1. The molecule has 3 rings (SSSR count). The second-order valence-electron chi connectivity index (χ2n) is 5.18. The molecule has 2 heterocycles. The van der Waals surface area contributed by atoms with Gasteiger partial charge in [-0.1, -0.05) is 34.4 Å². The normalized spacial score (nSPS) is 11.0. The minimum absolute atomic E-state index is 0.0793. The van der Waals surface area contributed by atoms with E-state index in [1.165, 1.54) is 4.68 Å². The summed E-state index contributed by atoms with van der Waals surface area (Å²) in [4.78, 5) is 12.4. The first-order valence-electron chi connectivity index (χ1n) is 7.03. The number of carbonyl (C=O) groups is 1. The number of nitrogens with zero attached hydrogens (tertiary/aromatic N) is 3. The standard InChI is InChI=1S/C15H12BrCl2N5O2/c1-6-12(16)7(2)23(21-6)15-11(14(24)20-19)13(22-25-15)10-8(17)4-3-5-9(10)18/h3-5H,19H2,1-2H3,(H,20,24). The quantitative estimate of drug-likeness (QED) is 0.363. The maximum atomic E-state index is 12.4. The number of rotatable bonds is 3. The van der Waals surface area contributed by atoms with E-state index in [0.717, 1.165) is 15.9 Å². The zero-order valence-electron chi connectivity index (χ0n) is 13.1. The number of aryl methyl sites for hydroxylation is 1. The molecule has 0 saturated carbocycles. The molecule has 130 valence electrons. The molecule has 10 heteroatoms. The van der Waals surface area contributed by atoms with Gasteiger partial charge in [-0.25, -0.2) is 10.5 Å². The molecular weight excluding hydrogens is 433 g/mol. The van der Waals surface area contributed by atoms with Crippen LogP contribution in [0.1, 0.15) is 21.7 Å². The van der Waals surface area contributed by atoms with Crippen molar-refractivity contribution >= 4 is 45.0 Å². The number of carbonyl (C=O) groups excluding carboxylic acids is 1. The van der Waals surface area contributed by atoms with Crippen LogP contribution in [0.25, 0.3) is 17.1 Å². The number of benzene rings is 1. The lowest BCUT2D eigenvalue weighted by Gasteiger charge is -2.07. The van der Waals surface area contributed by atoms with E-state index in [4.69, 9.17) is 33.6 Å². The Balaban J connectivity index is 2.32. The van der Waals surface area contributed by atoms with Crippen LogP contribution in [0.15, 0.2) is 27.2 Å². The molecule has 0 aliphatic heterocycles. The van der Waals surface area contributed by atoms with Crippen molar-refractivity contribution in [2.24, 2.45) is 5.84 Å². The van der Waals surface area contributed by atoms with Crippen molar-refractivity contribution in [1.29, 1.82) is 0 Å². The molecule has 25 heavy (non-hydrogen) atoms. The summed E-state index contributed by atoms with van der Waals surface area (Å²) < 4.78 is 7.67. The van der Waals surface area contributed by atoms with Crippen LogP contribution < -0.4 is 11.3 Å². The highest BCUT2D eigenvalue weighted by Gasteiger charge is 2.29. The molecule has 0 atom stereocenters. The summed E-state index contributed by atoms with van der Waals surface area (Å²) in [6.07, 6.45) is 0. The van der Waals surface area contributed by atoms with E-state index < -0.39 is 5.91 Å². The number of nitrogens with two attached hydrogens (primary N) is 1. The first-order valence-corrected chi connectivity index (χ1v) is 8.58. The predicted octanol–water partition coefficient (Wildman–Crippen LogP) is 3.82. The first kappa shape index (κ1) is 17.9. The highest BCUT2D eigenvalue weighted by Crippen LogP contribution is 2.38. The minimum atomic E-state index is -0.606. The van der Waals surface area contributed by atoms with Crippen LogP contribution in [0.3, 0.4) is 0 Å². The summed E-state index contributed by atoms with van der Waals surface area (Å²) in [6.45, 7) is 3.64. The molecule has 0 radical (unpaired) electrons. The van der Waals surface area contributed by atoms with Gasteiger partial charge in [0.15, 0.2) is 0 Å². The van der Waals surface area contributed by atoms with Crippen molar-refractivity contribution < 1.29 is 9.32 Å². The van der Waals surface area contributed by atoms with Gasteiger partial charge in [0, 0.05) is 5.56 Å². The minimum Gasteiger partial charge on any atom is -0.335 e. The van der Waals surface area contributed by atoms with E-state index in [1.54, 1.807) is 18.2 Å². The summed E-state index contributed by atoms with van der Waals surface area (Å²) in [5.41, 5.74) is 4.18. The third kappa shape index (κ3) is 2.95. The van der Waals surface area contributed by atoms with E-state index in [9.17, 15) is 4.79 Å². The fraction of sp³-hybridized carbons (Fsp3) is 0.133. The van der Waals surface area contributed by atoms with Crippen LogP contribution in [0.4, 0.5) is 0 Å². The lowest BCUT2D eigenvalue weighted by molar-refractivity contribution is 0.0953. The molecule has 0 fully saturated rings. The van der Waals surface area contributed by atoms with E-state index in [-0.39, 0.29) is 17.1 Å². The van der Waals surface area contributed by atoms with Gasteiger partial charge in [-0.2, -0.15) is 5.10 Å². The Hall–Kier alpha value is -1.87. The summed E-state index contributed by atoms with van der Waals surface area (Å²) >= 11 is 15.9. The molecule has 2 aromatic heterocycles. The Morgan fingerprint density at radius 1 is 1.32 bits per heavy atom. The molecule has 0 spiro atoms. The largest absolute Gasteiger partial charge is 0.335 e. The average Bonchev–Trinajstić information content (AvgIpc) is 3.11. The number of hydrogen-bond donors (Lipinski definition) is 2. The van der Waals surface area contributed by atoms with Crippen LogP contribution >= 0.6 is 39.1 Å². The van der Waals surface area contributed by atoms with Crippen molar-refractivity contribution in [3.63, 3.8) is 0 Å². The van der Waals surface area contributed by atoms with E-state index >= 15 is 0 Å². The van der Waals surface area contributed by atoms with E-state index in [2.05, 4.69) is 31.6 Å². The monoisotopic (exact) mass is 443 g/mol. The molecule has 1 amide bonds. The molecule has 3 N–H and O–H groups in total. The molecule has 0 aliphatic carbocycles. The number of hydrogen-bond acceptors (Lipinski definition) is 5. The third-order valence-corrected chi connectivity index (χ3v) is 5.40. The number of aromatic nitrogens is 3. The summed E-state index contributed by atoms with van der Waals surface area (Å²) in [5.74, 6) is 4.84. The van der Waals surface area contributed by atoms with Crippen LogP contribution in [0.5, 0.6) is 0 Å². The number of halogens is 3. The number of amides is 1. The van der Waals surface area contributed by atoms with Gasteiger partial charge in [-0.15, -0.1) is 0 Å². The molecule has 1 aromatic carbocycles. The lowest BCUT2D eigenvalue weighted by atomic mass is 10.1. The van der Waals surface area contributed by atoms with Crippen LogP contribution in [0.2, 0.25) is 10.0 Å². The Labute approximate surface area is 161 Å². The van der Waals surface area contributed by atoms with Gasteiger partial charge in [-0.05, 0) is 41.9 Å². The Morgan fingerprint density at radius 2 is 1.96 bits per heavy atom. The smallest absolute Gasteiger partial charge is 0.273 e. The Bertz CT molecular complexity index is 962. The van der Waals surface area contributed by atoms with Crippen molar-refractivity contribution in [3.8, 4) is 17.1 Å². The molecule has 3 aromatic rings. The van der Waals surface area contributed by atoms with Gasteiger partial charge in [0.05, 0.1) is 25.9 Å². The molecular formula is C15H12BrCl2N5O2. The zero-order chi connectivity index (χ0) is 18.3. The van der Waals surface area contributed by atoms with Crippen LogP contribution in [0, 0.1) is 13.8 Å². The Morgan fingerprint density at radius 3 is 2.48 bits per heavy atom. The third-order valence-electron chi connectivity index (χ3n) is 3.63. The van der Waals surface area contributed by atoms with E-state index in [0.29, 0.717) is 15.6 Å². The fourth-order valence-corrected chi connectivity index (χ4v) is 3.24. The van der Waals surface area contributed by atoms with Crippen molar-refractivity contribution in [2.45, 2.75) is 13.8 Å². The first-order chi connectivity index (χ1) is 11.9. The number of nitrogens with one attached hydrogen (secondary N) is 1. The van der Waals surface area contributed by atoms with E-state index in [1.807, 2.05) is 13.8 Å². The molecule has 0 bridgehead atoms. The maximum absolute atomic E-state index is 12.4. The molecule has 0 aliphatic rings. The zero-order valence-corrected chi connectivity index (χ0v) is 16.2. The van der Waals surface area contributed by atoms with Crippen LogP contribution in [-0.2, 0) is 0 Å². The summed E-state index contributed by atoms with van der Waals surface area (Å²) in [7, 11) is 0. The summed E-state index contributed by atoms with van der Waals surface area (Å²) in [5, 5.41) is 9.01. The van der Waals surface area contributed by atoms with Gasteiger partial charge < -0.3 is 4.52 Å². The van der Waals surface area contributed by atoms with Gasteiger partial charge in [0.2, 0.25) is 0 Å². The predicted molar refractivity (Wildman–Crippen MR) is 97.9 cm³/mol. The SMILES string of the molecule is Cc1nn(-c2onc(-c3c(Cl)cccc3Cl)c2C(=O)NN)c(C)c1Br. The highest BCUT2D eigenvalue weighted by atomic mass is 79.9. The van der Waals surface area contributed by atoms with Crippen LogP contribution in [-0.4, -0.2) is 20.8 Å². The number of nitrogen functional groups attached to an aromatic ring is 1. The average molecular weight is 445 g/mol. The second kappa shape index (κ2) is 6.80. The Kier molecular flexibility index (Phi) is 4.88. The lowest BCUT2D eigenvalue weighted by Crippen LogP contribution is -2.31. The molecule has 0 unspecified atom stereocenters. The second-order valence-corrected chi connectivity index (χ2v) is 6.79. The van der Waals surface area contributed by atoms with Crippen molar-refractivity contribution in [3.05, 3.63) is 49.7 Å². The molecule has 0 saturated heterocycles. The maximum Gasteiger partial charge on any atom is 0.273 e. The van der Waals surface area contributed by atoms with Crippen molar-refractivity contribution in [1.82, 2.24) is 20.4 Å². The van der Waals surface area contributed by atoms with Gasteiger partial charge >= 0.3 is 0 Å². The van der Waals surface area contributed by atoms with Gasteiger partial charge in [0.25, 0.3) is 11.8 Å².